The molecular formula is C18H16F2N2O3S. The van der Waals surface area contributed by atoms with Crippen LogP contribution < -0.4 is 5.32 Å². The van der Waals surface area contributed by atoms with Gasteiger partial charge in [-0.3, -0.25) is 14.5 Å². The Labute approximate surface area is 152 Å². The standard InChI is InChI=1S/C18H16F2N2O3S/c1-3-11-5-7-15(26-11)14(23)9-22-16(24)18(2,21-17(22)25)10-4-6-12(19)13(20)8-10/h4-8H,3,9H2,1-2H3,(H,21,25). The molecule has 3 rings (SSSR count). The summed E-state index contributed by atoms with van der Waals surface area (Å²) in [5.41, 5.74) is -1.45. The minimum absolute atomic E-state index is 0.106. The summed E-state index contributed by atoms with van der Waals surface area (Å²) in [4.78, 5) is 39.7. The molecule has 1 unspecified atom stereocenters. The molecule has 0 saturated carbocycles. The number of ketones is 1. The van der Waals surface area contributed by atoms with Gasteiger partial charge in [-0.1, -0.05) is 13.0 Å². The van der Waals surface area contributed by atoms with Gasteiger partial charge in [0.15, 0.2) is 17.4 Å². The molecule has 26 heavy (non-hydrogen) atoms. The summed E-state index contributed by atoms with van der Waals surface area (Å²) in [6, 6.07) is 5.73. The Morgan fingerprint density at radius 1 is 1.19 bits per heavy atom. The number of nitrogens with one attached hydrogen (secondary N) is 1. The lowest BCUT2D eigenvalue weighted by atomic mass is 9.92. The zero-order valence-corrected chi connectivity index (χ0v) is 15.0. The molecule has 2 heterocycles. The molecule has 1 saturated heterocycles. The van der Waals surface area contributed by atoms with E-state index in [9.17, 15) is 23.2 Å². The van der Waals surface area contributed by atoms with Crippen LogP contribution in [0.15, 0.2) is 30.3 Å². The fourth-order valence-electron chi connectivity index (χ4n) is 2.78. The van der Waals surface area contributed by atoms with Crippen molar-refractivity contribution in [3.05, 3.63) is 57.3 Å². The highest BCUT2D eigenvalue weighted by molar-refractivity contribution is 7.14. The predicted octanol–water partition coefficient (Wildman–Crippen LogP) is 3.24. The van der Waals surface area contributed by atoms with Gasteiger partial charge in [-0.2, -0.15) is 0 Å². The highest BCUT2D eigenvalue weighted by atomic mass is 32.1. The van der Waals surface area contributed by atoms with Crippen LogP contribution in [0.25, 0.3) is 0 Å². The molecule has 136 valence electrons. The fraction of sp³-hybridized carbons (Fsp3) is 0.278. The predicted molar refractivity (Wildman–Crippen MR) is 92.0 cm³/mol. The average Bonchev–Trinajstić information content (AvgIpc) is 3.17. The van der Waals surface area contributed by atoms with Gasteiger partial charge in [0.1, 0.15) is 5.54 Å². The van der Waals surface area contributed by atoms with Crippen LogP contribution in [0.5, 0.6) is 0 Å². The SMILES string of the molecule is CCc1ccc(C(=O)CN2C(=O)NC(C)(c3ccc(F)c(F)c3)C2=O)s1. The second-order valence-corrected chi connectivity index (χ2v) is 7.29. The molecule has 1 fully saturated rings. The number of Topliss-reactive ketones (excluding diaryl/α,β-unsaturated/α-hetero) is 1. The molecule has 0 spiro atoms. The van der Waals surface area contributed by atoms with Crippen LogP contribution in [0.4, 0.5) is 13.6 Å². The van der Waals surface area contributed by atoms with E-state index in [1.807, 2.05) is 13.0 Å². The lowest BCUT2D eigenvalue weighted by Crippen LogP contribution is -2.41. The van der Waals surface area contributed by atoms with E-state index >= 15 is 0 Å². The quantitative estimate of drug-likeness (QED) is 0.642. The van der Waals surface area contributed by atoms with E-state index in [1.165, 1.54) is 24.3 Å². The lowest BCUT2D eigenvalue weighted by molar-refractivity contribution is -0.130. The van der Waals surface area contributed by atoms with Crippen LogP contribution >= 0.6 is 11.3 Å². The third-order valence-electron chi connectivity index (χ3n) is 4.36. The average molecular weight is 378 g/mol. The van der Waals surface area contributed by atoms with Gasteiger partial charge >= 0.3 is 6.03 Å². The molecule has 1 aromatic carbocycles. The number of amides is 3. The Bertz CT molecular complexity index is 912. The van der Waals surface area contributed by atoms with Crippen LogP contribution in [-0.2, 0) is 16.8 Å². The summed E-state index contributed by atoms with van der Waals surface area (Å²) >= 11 is 1.32. The molecule has 0 radical (unpaired) electrons. The van der Waals surface area contributed by atoms with E-state index in [0.29, 0.717) is 4.88 Å². The van der Waals surface area contributed by atoms with Crippen molar-refractivity contribution in [3.63, 3.8) is 0 Å². The lowest BCUT2D eigenvalue weighted by Gasteiger charge is -2.22. The van der Waals surface area contributed by atoms with Crippen molar-refractivity contribution < 1.29 is 23.2 Å². The number of benzene rings is 1. The van der Waals surface area contributed by atoms with Crippen molar-refractivity contribution in [2.45, 2.75) is 25.8 Å². The van der Waals surface area contributed by atoms with Crippen molar-refractivity contribution in [1.82, 2.24) is 10.2 Å². The number of rotatable bonds is 5. The summed E-state index contributed by atoms with van der Waals surface area (Å²) in [6.07, 6.45) is 0.787. The third kappa shape index (κ3) is 3.01. The Morgan fingerprint density at radius 2 is 1.92 bits per heavy atom. The van der Waals surface area contributed by atoms with Crippen LogP contribution in [0, 0.1) is 11.6 Å². The summed E-state index contributed by atoms with van der Waals surface area (Å²) in [5, 5.41) is 2.47. The zero-order valence-electron chi connectivity index (χ0n) is 14.1. The van der Waals surface area contributed by atoms with E-state index < -0.39 is 35.7 Å². The van der Waals surface area contributed by atoms with Crippen LogP contribution in [0.2, 0.25) is 0 Å². The maximum atomic E-state index is 13.5. The van der Waals surface area contributed by atoms with Crippen LogP contribution in [0.1, 0.15) is 34.0 Å². The van der Waals surface area contributed by atoms with Crippen molar-refractivity contribution in [2.75, 3.05) is 6.54 Å². The topological polar surface area (TPSA) is 66.5 Å². The fourth-order valence-corrected chi connectivity index (χ4v) is 3.66. The second-order valence-electron chi connectivity index (χ2n) is 6.12. The first-order valence-electron chi connectivity index (χ1n) is 7.97. The monoisotopic (exact) mass is 378 g/mol. The number of urea groups is 1. The zero-order chi connectivity index (χ0) is 19.1. The van der Waals surface area contributed by atoms with E-state index in [2.05, 4.69) is 5.32 Å². The molecule has 1 N–H and O–H groups in total. The number of hydrogen-bond donors (Lipinski definition) is 1. The second kappa shape index (κ2) is 6.60. The van der Waals surface area contributed by atoms with Crippen LogP contribution in [-0.4, -0.2) is 29.2 Å². The first-order chi connectivity index (χ1) is 12.3. The van der Waals surface area contributed by atoms with E-state index in [-0.39, 0.29) is 11.3 Å². The minimum Gasteiger partial charge on any atom is -0.319 e. The number of carbonyl (C=O) groups excluding carboxylic acids is 3. The first kappa shape index (κ1) is 18.2. The summed E-state index contributed by atoms with van der Waals surface area (Å²) < 4.78 is 26.7. The highest BCUT2D eigenvalue weighted by Gasteiger charge is 2.49. The number of nitrogens with zero attached hydrogens (tertiary/aromatic N) is 1. The Morgan fingerprint density at radius 3 is 2.54 bits per heavy atom. The van der Waals surface area contributed by atoms with Gasteiger partial charge < -0.3 is 5.32 Å². The molecule has 2 aromatic rings. The summed E-state index contributed by atoms with van der Waals surface area (Å²) in [7, 11) is 0. The number of carbonyl (C=O) groups is 3. The highest BCUT2D eigenvalue weighted by Crippen LogP contribution is 2.30. The maximum Gasteiger partial charge on any atom is 0.325 e. The molecule has 1 aromatic heterocycles. The first-order valence-corrected chi connectivity index (χ1v) is 8.79. The maximum absolute atomic E-state index is 13.5. The molecule has 1 aliphatic heterocycles. The van der Waals surface area contributed by atoms with Gasteiger partial charge in [-0.25, -0.2) is 13.6 Å². The number of thiophene rings is 1. The smallest absolute Gasteiger partial charge is 0.319 e. The molecule has 1 aliphatic rings. The number of halogens is 2. The summed E-state index contributed by atoms with van der Waals surface area (Å²) in [5.74, 6) is -3.21. The minimum atomic E-state index is -1.56. The Balaban J connectivity index is 1.84. The van der Waals surface area contributed by atoms with Gasteiger partial charge in [0.2, 0.25) is 0 Å². The normalized spacial score (nSPS) is 19.8. The molecule has 8 heteroatoms. The molecule has 5 nitrogen and oxygen atoms in total. The molecule has 3 amide bonds. The molecule has 0 aliphatic carbocycles. The van der Waals surface area contributed by atoms with E-state index in [4.69, 9.17) is 0 Å². The van der Waals surface area contributed by atoms with Crippen molar-refractivity contribution in [3.8, 4) is 0 Å². The van der Waals surface area contributed by atoms with Gasteiger partial charge in [0.25, 0.3) is 5.91 Å². The van der Waals surface area contributed by atoms with Gasteiger partial charge in [-0.15, -0.1) is 11.3 Å². The number of hydrogen-bond acceptors (Lipinski definition) is 4. The Hall–Kier alpha value is -2.61. The summed E-state index contributed by atoms with van der Waals surface area (Å²) in [6.45, 7) is 2.95. The van der Waals surface area contributed by atoms with Crippen molar-refractivity contribution in [2.24, 2.45) is 0 Å². The Kier molecular flexibility index (Phi) is 4.62. The van der Waals surface area contributed by atoms with Crippen LogP contribution in [0.3, 0.4) is 0 Å². The number of imide groups is 1. The van der Waals surface area contributed by atoms with Gasteiger partial charge in [0.05, 0.1) is 11.4 Å². The van der Waals surface area contributed by atoms with Crippen molar-refractivity contribution >= 4 is 29.1 Å². The molecule has 1 atom stereocenters. The third-order valence-corrected chi connectivity index (χ3v) is 5.63. The molecular weight excluding hydrogens is 362 g/mol. The molecule has 0 bridgehead atoms. The van der Waals surface area contributed by atoms with E-state index in [1.54, 1.807) is 6.07 Å². The largest absolute Gasteiger partial charge is 0.325 e. The van der Waals surface area contributed by atoms with Gasteiger partial charge in [-0.05, 0) is 43.2 Å². The van der Waals surface area contributed by atoms with E-state index in [0.717, 1.165) is 28.3 Å². The van der Waals surface area contributed by atoms with Gasteiger partial charge in [0, 0.05) is 4.88 Å². The number of aryl methyl sites for hydroxylation is 1. The van der Waals surface area contributed by atoms with Crippen molar-refractivity contribution in [1.29, 1.82) is 0 Å².